The number of aromatic nitrogens is 3. The molecule has 0 aliphatic heterocycles. The average Bonchev–Trinajstić information content (AvgIpc) is 2.80. The Balaban J connectivity index is 2.28. The van der Waals surface area contributed by atoms with Gasteiger partial charge in [-0.15, -0.1) is 5.10 Å². The lowest BCUT2D eigenvalue weighted by Gasteiger charge is -2.11. The highest BCUT2D eigenvalue weighted by molar-refractivity contribution is 6.31. The molecule has 2 rings (SSSR count). The lowest BCUT2D eigenvalue weighted by molar-refractivity contribution is 0.102. The van der Waals surface area contributed by atoms with E-state index in [1.54, 1.807) is 19.2 Å². The van der Waals surface area contributed by atoms with E-state index in [0.717, 1.165) is 5.56 Å². The molecule has 1 N–H and O–H groups in total. The van der Waals surface area contributed by atoms with Gasteiger partial charge in [-0.25, -0.2) is 0 Å². The lowest BCUT2D eigenvalue weighted by Crippen LogP contribution is -2.14. The maximum Gasteiger partial charge on any atom is 0.277 e. The summed E-state index contributed by atoms with van der Waals surface area (Å²) >= 11 is 6.00. The molecule has 0 bridgehead atoms. The second-order valence-corrected chi connectivity index (χ2v) is 4.38. The normalized spacial score (nSPS) is 10.3. The topological polar surface area (TPSA) is 69.0 Å². The van der Waals surface area contributed by atoms with Gasteiger partial charge >= 0.3 is 0 Å². The Morgan fingerprint density at radius 3 is 2.79 bits per heavy atom. The van der Waals surface area contributed by atoms with Crippen LogP contribution >= 0.6 is 11.6 Å². The van der Waals surface area contributed by atoms with Crippen molar-refractivity contribution in [2.24, 2.45) is 7.05 Å². The molecule has 0 saturated carbocycles. The number of nitrogens with zero attached hydrogens (tertiary/aromatic N) is 3. The third-order valence-corrected chi connectivity index (χ3v) is 2.97. The van der Waals surface area contributed by atoms with Crippen LogP contribution < -0.4 is 10.1 Å². The van der Waals surface area contributed by atoms with E-state index in [1.807, 2.05) is 6.92 Å². The monoisotopic (exact) mass is 280 g/mol. The summed E-state index contributed by atoms with van der Waals surface area (Å²) in [7, 11) is 3.16. The third-order valence-electron chi connectivity index (χ3n) is 2.56. The van der Waals surface area contributed by atoms with Crippen molar-refractivity contribution in [1.82, 2.24) is 15.0 Å². The standard InChI is InChI=1S/C12H13ClN4O2/c1-7-4-9(11(19-3)5-8(7)13)15-12(18)10-6-14-17(2)16-10/h4-6H,1-3H3,(H,15,18). The number of hydrogen-bond donors (Lipinski definition) is 1. The van der Waals surface area contributed by atoms with Crippen molar-refractivity contribution < 1.29 is 9.53 Å². The van der Waals surface area contributed by atoms with Crippen LogP contribution in [-0.2, 0) is 7.05 Å². The van der Waals surface area contributed by atoms with Crippen LogP contribution in [0.2, 0.25) is 5.02 Å². The Hall–Kier alpha value is -2.08. The summed E-state index contributed by atoms with van der Waals surface area (Å²) in [6, 6.07) is 3.40. The minimum atomic E-state index is -0.354. The van der Waals surface area contributed by atoms with E-state index < -0.39 is 0 Å². The smallest absolute Gasteiger partial charge is 0.277 e. The Bertz CT molecular complexity index is 624. The fourth-order valence-electron chi connectivity index (χ4n) is 1.57. The molecule has 0 atom stereocenters. The van der Waals surface area contributed by atoms with Crippen LogP contribution in [0.25, 0.3) is 0 Å². The quantitative estimate of drug-likeness (QED) is 0.934. The van der Waals surface area contributed by atoms with E-state index in [2.05, 4.69) is 15.5 Å². The van der Waals surface area contributed by atoms with Gasteiger partial charge in [-0.3, -0.25) is 4.79 Å². The van der Waals surface area contributed by atoms with E-state index in [1.165, 1.54) is 18.1 Å². The molecule has 2 aromatic rings. The summed E-state index contributed by atoms with van der Waals surface area (Å²) in [6.45, 7) is 1.85. The van der Waals surface area contributed by atoms with Crippen molar-refractivity contribution in [1.29, 1.82) is 0 Å². The van der Waals surface area contributed by atoms with Crippen molar-refractivity contribution in [3.8, 4) is 5.75 Å². The highest BCUT2D eigenvalue weighted by Gasteiger charge is 2.14. The lowest BCUT2D eigenvalue weighted by atomic mass is 10.2. The molecule has 0 fully saturated rings. The predicted molar refractivity (Wildman–Crippen MR) is 71.7 cm³/mol. The number of halogens is 1. The Morgan fingerprint density at radius 2 is 2.21 bits per heavy atom. The van der Waals surface area contributed by atoms with E-state index in [9.17, 15) is 4.79 Å². The first kappa shape index (κ1) is 13.4. The molecule has 0 saturated heterocycles. The fraction of sp³-hybridized carbons (Fsp3) is 0.250. The van der Waals surface area contributed by atoms with Gasteiger partial charge in [-0.2, -0.15) is 9.90 Å². The minimum absolute atomic E-state index is 0.233. The van der Waals surface area contributed by atoms with Crippen molar-refractivity contribution in [2.75, 3.05) is 12.4 Å². The molecule has 6 nitrogen and oxygen atoms in total. The third kappa shape index (κ3) is 2.85. The van der Waals surface area contributed by atoms with Crippen molar-refractivity contribution >= 4 is 23.2 Å². The number of rotatable bonds is 3. The van der Waals surface area contributed by atoms with E-state index in [-0.39, 0.29) is 11.6 Å². The summed E-state index contributed by atoms with van der Waals surface area (Å²) in [5, 5.41) is 11.1. The largest absolute Gasteiger partial charge is 0.495 e. The van der Waals surface area contributed by atoms with Gasteiger partial charge in [-0.05, 0) is 18.6 Å². The number of ether oxygens (including phenoxy) is 1. The summed E-state index contributed by atoms with van der Waals surface area (Å²) in [4.78, 5) is 13.3. The average molecular weight is 281 g/mol. The van der Waals surface area contributed by atoms with Crippen molar-refractivity contribution in [3.63, 3.8) is 0 Å². The highest BCUT2D eigenvalue weighted by atomic mass is 35.5. The minimum Gasteiger partial charge on any atom is -0.495 e. The van der Waals surface area contributed by atoms with E-state index in [0.29, 0.717) is 16.5 Å². The molecule has 0 spiro atoms. The fourth-order valence-corrected chi connectivity index (χ4v) is 1.72. The first-order valence-corrected chi connectivity index (χ1v) is 5.91. The molecule has 0 aliphatic rings. The molecule has 1 amide bonds. The Kier molecular flexibility index (Phi) is 3.71. The molecular formula is C12H13ClN4O2. The van der Waals surface area contributed by atoms with Gasteiger partial charge in [-0.1, -0.05) is 11.6 Å². The molecule has 0 aliphatic carbocycles. The molecule has 7 heteroatoms. The number of amides is 1. The number of nitrogens with one attached hydrogen (secondary N) is 1. The van der Waals surface area contributed by atoms with Crippen LogP contribution in [0.15, 0.2) is 18.3 Å². The number of aryl methyl sites for hydroxylation is 2. The van der Waals surface area contributed by atoms with Crippen LogP contribution in [0.5, 0.6) is 5.75 Å². The van der Waals surface area contributed by atoms with Gasteiger partial charge in [0.2, 0.25) is 0 Å². The summed E-state index contributed by atoms with van der Waals surface area (Å²) in [6.07, 6.45) is 1.39. The molecule has 19 heavy (non-hydrogen) atoms. The summed E-state index contributed by atoms with van der Waals surface area (Å²) in [5.74, 6) is 0.140. The van der Waals surface area contributed by atoms with Gasteiger partial charge in [0.1, 0.15) is 5.75 Å². The second kappa shape index (κ2) is 5.27. The summed E-state index contributed by atoms with van der Waals surface area (Å²) in [5.41, 5.74) is 1.62. The first-order valence-electron chi connectivity index (χ1n) is 5.53. The molecule has 0 unspecified atom stereocenters. The van der Waals surface area contributed by atoms with E-state index in [4.69, 9.17) is 16.3 Å². The first-order chi connectivity index (χ1) is 9.01. The van der Waals surface area contributed by atoms with Gasteiger partial charge in [0, 0.05) is 18.1 Å². The van der Waals surface area contributed by atoms with E-state index >= 15 is 0 Å². The molecular weight excluding hydrogens is 268 g/mol. The highest BCUT2D eigenvalue weighted by Crippen LogP contribution is 2.31. The SMILES string of the molecule is COc1cc(Cl)c(C)cc1NC(=O)c1cnn(C)n1. The Labute approximate surface area is 115 Å². The summed E-state index contributed by atoms with van der Waals surface area (Å²) < 4.78 is 5.18. The molecule has 1 aromatic heterocycles. The van der Waals surface area contributed by atoms with Gasteiger partial charge < -0.3 is 10.1 Å². The number of anilines is 1. The zero-order valence-corrected chi connectivity index (χ0v) is 11.5. The zero-order chi connectivity index (χ0) is 14.0. The Morgan fingerprint density at radius 1 is 1.47 bits per heavy atom. The predicted octanol–water partition coefficient (Wildman–Crippen LogP) is 2.04. The van der Waals surface area contributed by atoms with Gasteiger partial charge in [0.15, 0.2) is 5.69 Å². The number of hydrogen-bond acceptors (Lipinski definition) is 4. The van der Waals surface area contributed by atoms with Crippen LogP contribution in [0.3, 0.4) is 0 Å². The second-order valence-electron chi connectivity index (χ2n) is 3.98. The van der Waals surface area contributed by atoms with Crippen molar-refractivity contribution in [2.45, 2.75) is 6.92 Å². The van der Waals surface area contributed by atoms with Gasteiger partial charge in [0.05, 0.1) is 19.0 Å². The maximum atomic E-state index is 12.0. The van der Waals surface area contributed by atoms with Crippen LogP contribution in [0, 0.1) is 6.92 Å². The number of benzene rings is 1. The van der Waals surface area contributed by atoms with Crippen LogP contribution in [-0.4, -0.2) is 28.0 Å². The van der Waals surface area contributed by atoms with Crippen LogP contribution in [0.1, 0.15) is 16.1 Å². The number of carbonyl (C=O) groups is 1. The molecule has 100 valence electrons. The number of methoxy groups -OCH3 is 1. The zero-order valence-electron chi connectivity index (χ0n) is 10.8. The molecule has 1 heterocycles. The van der Waals surface area contributed by atoms with Crippen LogP contribution in [0.4, 0.5) is 5.69 Å². The maximum absolute atomic E-state index is 12.0. The van der Waals surface area contributed by atoms with Crippen molar-refractivity contribution in [3.05, 3.63) is 34.6 Å². The molecule has 0 radical (unpaired) electrons. The molecule has 1 aromatic carbocycles. The van der Waals surface area contributed by atoms with Gasteiger partial charge in [0.25, 0.3) is 5.91 Å². The number of carbonyl (C=O) groups excluding carboxylic acids is 1.